The minimum Gasteiger partial charge on any atom is -0.354 e. The summed E-state index contributed by atoms with van der Waals surface area (Å²) in [4.78, 5) is 17.0. The normalized spacial score (nSPS) is 23.6. The highest BCUT2D eigenvalue weighted by Gasteiger charge is 2.31. The van der Waals surface area contributed by atoms with Crippen LogP contribution in [0, 0.1) is 18.8 Å². The van der Waals surface area contributed by atoms with Crippen LogP contribution in [-0.4, -0.2) is 47.2 Å². The summed E-state index contributed by atoms with van der Waals surface area (Å²) in [6.45, 7) is 7.83. The minimum absolute atomic E-state index is 0.116. The quantitative estimate of drug-likeness (QED) is 0.841. The lowest BCUT2D eigenvalue weighted by molar-refractivity contribution is -0.137. The van der Waals surface area contributed by atoms with Crippen molar-refractivity contribution in [2.45, 2.75) is 39.5 Å². The summed E-state index contributed by atoms with van der Waals surface area (Å²) in [5.74, 6) is 2.12. The van der Waals surface area contributed by atoms with Gasteiger partial charge in [-0.05, 0) is 50.7 Å². The molecule has 1 unspecified atom stereocenters. The zero-order valence-electron chi connectivity index (χ0n) is 13.7. The number of rotatable bonds is 2. The molecule has 1 aromatic rings. The summed E-state index contributed by atoms with van der Waals surface area (Å²) in [5.41, 5.74) is 0.927. The van der Waals surface area contributed by atoms with Crippen LogP contribution in [0.1, 0.15) is 38.3 Å². The highest BCUT2D eigenvalue weighted by Crippen LogP contribution is 2.25. The number of carbonyl (C=O) groups excluding carboxylic acids is 1. The number of carbonyl (C=O) groups is 1. The molecule has 5 nitrogen and oxygen atoms in total. The molecule has 5 heteroatoms. The van der Waals surface area contributed by atoms with Crippen LogP contribution in [0.5, 0.6) is 0 Å². The maximum absolute atomic E-state index is 12.8. The van der Waals surface area contributed by atoms with Crippen molar-refractivity contribution >= 4 is 11.7 Å². The van der Waals surface area contributed by atoms with Gasteiger partial charge in [-0.25, -0.2) is 0 Å². The molecule has 2 fully saturated rings. The zero-order valence-corrected chi connectivity index (χ0v) is 13.7. The number of anilines is 1. The van der Waals surface area contributed by atoms with Gasteiger partial charge in [0, 0.05) is 26.2 Å². The molecule has 22 heavy (non-hydrogen) atoms. The van der Waals surface area contributed by atoms with Gasteiger partial charge in [-0.2, -0.15) is 5.10 Å². The van der Waals surface area contributed by atoms with Crippen LogP contribution in [0.25, 0.3) is 0 Å². The molecule has 1 amide bonds. The lowest BCUT2D eigenvalue weighted by Gasteiger charge is -2.37. The highest BCUT2D eigenvalue weighted by molar-refractivity contribution is 5.79. The maximum atomic E-state index is 12.8. The van der Waals surface area contributed by atoms with Crippen LogP contribution >= 0.6 is 0 Å². The first-order valence-corrected chi connectivity index (χ1v) is 8.47. The average Bonchev–Trinajstić information content (AvgIpc) is 2.56. The molecular weight excluding hydrogens is 276 g/mol. The first-order chi connectivity index (χ1) is 10.6. The number of amides is 1. The standard InChI is InChI=1S/C17H26N4O/c1-13-7-10-20(11-8-13)17(22)15-4-3-9-21(12-15)16-6-5-14(2)18-19-16/h5-6,13,15H,3-4,7-12H2,1-2H3. The Labute approximate surface area is 132 Å². The summed E-state index contributed by atoms with van der Waals surface area (Å²) >= 11 is 0. The first-order valence-electron chi connectivity index (χ1n) is 8.47. The van der Waals surface area contributed by atoms with E-state index in [1.807, 2.05) is 19.1 Å². The van der Waals surface area contributed by atoms with Crippen molar-refractivity contribution in [2.24, 2.45) is 11.8 Å². The third kappa shape index (κ3) is 3.39. The van der Waals surface area contributed by atoms with Crippen LogP contribution in [0.15, 0.2) is 12.1 Å². The van der Waals surface area contributed by atoms with E-state index in [1.165, 1.54) is 0 Å². The van der Waals surface area contributed by atoms with Gasteiger partial charge in [0.1, 0.15) is 0 Å². The van der Waals surface area contributed by atoms with Crippen LogP contribution in [0.2, 0.25) is 0 Å². The smallest absolute Gasteiger partial charge is 0.227 e. The number of nitrogens with zero attached hydrogens (tertiary/aromatic N) is 4. The topological polar surface area (TPSA) is 49.3 Å². The van der Waals surface area contributed by atoms with Crippen molar-refractivity contribution in [2.75, 3.05) is 31.1 Å². The van der Waals surface area contributed by atoms with Crippen molar-refractivity contribution in [3.05, 3.63) is 17.8 Å². The van der Waals surface area contributed by atoms with E-state index >= 15 is 0 Å². The molecule has 2 aliphatic heterocycles. The molecule has 3 rings (SSSR count). The van der Waals surface area contributed by atoms with Gasteiger partial charge in [-0.3, -0.25) is 4.79 Å². The van der Waals surface area contributed by atoms with E-state index < -0.39 is 0 Å². The van der Waals surface area contributed by atoms with E-state index in [2.05, 4.69) is 26.9 Å². The lowest BCUT2D eigenvalue weighted by atomic mass is 9.93. The molecule has 0 radical (unpaired) electrons. The van der Waals surface area contributed by atoms with Crippen LogP contribution in [0.4, 0.5) is 5.82 Å². The fraction of sp³-hybridized carbons (Fsp3) is 0.706. The molecule has 1 aromatic heterocycles. The van der Waals surface area contributed by atoms with Gasteiger partial charge in [0.15, 0.2) is 5.82 Å². The second-order valence-corrected chi connectivity index (χ2v) is 6.83. The van der Waals surface area contributed by atoms with E-state index in [9.17, 15) is 4.79 Å². The number of aryl methyl sites for hydroxylation is 1. The number of hydrogen-bond acceptors (Lipinski definition) is 4. The van der Waals surface area contributed by atoms with Crippen molar-refractivity contribution in [3.8, 4) is 0 Å². The number of hydrogen-bond donors (Lipinski definition) is 0. The Bertz CT molecular complexity index is 508. The molecule has 0 saturated carbocycles. The Morgan fingerprint density at radius 3 is 2.59 bits per heavy atom. The summed E-state index contributed by atoms with van der Waals surface area (Å²) in [5, 5.41) is 8.40. The van der Waals surface area contributed by atoms with Crippen LogP contribution < -0.4 is 4.90 Å². The fourth-order valence-corrected chi connectivity index (χ4v) is 3.43. The Kier molecular flexibility index (Phi) is 4.60. The summed E-state index contributed by atoms with van der Waals surface area (Å²) in [6, 6.07) is 4.00. The Morgan fingerprint density at radius 1 is 1.14 bits per heavy atom. The second kappa shape index (κ2) is 6.63. The van der Waals surface area contributed by atoms with Gasteiger partial charge in [0.05, 0.1) is 11.6 Å². The SMILES string of the molecule is Cc1ccc(N2CCCC(C(=O)N3CCC(C)CC3)C2)nn1. The lowest BCUT2D eigenvalue weighted by Crippen LogP contribution is -2.47. The average molecular weight is 302 g/mol. The third-order valence-electron chi connectivity index (χ3n) is 4.97. The molecule has 0 spiro atoms. The van der Waals surface area contributed by atoms with Gasteiger partial charge in [-0.1, -0.05) is 6.92 Å². The summed E-state index contributed by atoms with van der Waals surface area (Å²) < 4.78 is 0. The van der Waals surface area contributed by atoms with E-state index in [0.29, 0.717) is 5.91 Å². The Morgan fingerprint density at radius 2 is 1.91 bits per heavy atom. The molecule has 0 aromatic carbocycles. The van der Waals surface area contributed by atoms with E-state index in [0.717, 1.165) is 69.3 Å². The van der Waals surface area contributed by atoms with Crippen molar-refractivity contribution in [1.82, 2.24) is 15.1 Å². The third-order valence-corrected chi connectivity index (χ3v) is 4.97. The number of likely N-dealkylation sites (tertiary alicyclic amines) is 1. The predicted octanol–water partition coefficient (Wildman–Crippen LogP) is 2.26. The molecule has 1 atom stereocenters. The van der Waals surface area contributed by atoms with Gasteiger partial charge in [-0.15, -0.1) is 5.10 Å². The number of piperidine rings is 2. The van der Waals surface area contributed by atoms with Gasteiger partial charge in [0.25, 0.3) is 0 Å². The van der Waals surface area contributed by atoms with Crippen molar-refractivity contribution in [3.63, 3.8) is 0 Å². The summed E-state index contributed by atoms with van der Waals surface area (Å²) in [6.07, 6.45) is 4.34. The monoisotopic (exact) mass is 302 g/mol. The molecule has 2 saturated heterocycles. The minimum atomic E-state index is 0.116. The molecule has 0 bridgehead atoms. The Hall–Kier alpha value is -1.65. The zero-order chi connectivity index (χ0) is 15.5. The predicted molar refractivity (Wildman–Crippen MR) is 86.7 cm³/mol. The fourth-order valence-electron chi connectivity index (χ4n) is 3.43. The molecule has 3 heterocycles. The first kappa shape index (κ1) is 15.3. The maximum Gasteiger partial charge on any atom is 0.227 e. The molecular formula is C17H26N4O. The van der Waals surface area contributed by atoms with Crippen LogP contribution in [0.3, 0.4) is 0 Å². The van der Waals surface area contributed by atoms with Crippen molar-refractivity contribution < 1.29 is 4.79 Å². The van der Waals surface area contributed by atoms with Gasteiger partial charge < -0.3 is 9.80 Å². The Balaban J connectivity index is 1.62. The second-order valence-electron chi connectivity index (χ2n) is 6.83. The van der Waals surface area contributed by atoms with Gasteiger partial charge in [0.2, 0.25) is 5.91 Å². The molecule has 120 valence electrons. The molecule has 0 aliphatic carbocycles. The van der Waals surface area contributed by atoms with Gasteiger partial charge >= 0.3 is 0 Å². The van der Waals surface area contributed by atoms with E-state index in [-0.39, 0.29) is 5.92 Å². The van der Waals surface area contributed by atoms with Crippen molar-refractivity contribution in [1.29, 1.82) is 0 Å². The largest absolute Gasteiger partial charge is 0.354 e. The molecule has 0 N–H and O–H groups in total. The number of aromatic nitrogens is 2. The summed E-state index contributed by atoms with van der Waals surface area (Å²) in [7, 11) is 0. The molecule has 2 aliphatic rings. The van der Waals surface area contributed by atoms with Crippen LogP contribution in [-0.2, 0) is 4.79 Å². The van der Waals surface area contributed by atoms with E-state index in [1.54, 1.807) is 0 Å². The van der Waals surface area contributed by atoms with E-state index in [4.69, 9.17) is 0 Å². The highest BCUT2D eigenvalue weighted by atomic mass is 16.2.